The lowest BCUT2D eigenvalue weighted by Gasteiger charge is -2.17. The molecule has 0 unspecified atom stereocenters. The molecule has 0 spiro atoms. The predicted octanol–water partition coefficient (Wildman–Crippen LogP) is 3.55. The minimum atomic E-state index is -0.270. The highest BCUT2D eigenvalue weighted by molar-refractivity contribution is 6.08. The van der Waals surface area contributed by atoms with E-state index in [4.69, 9.17) is 9.47 Å². The van der Waals surface area contributed by atoms with Gasteiger partial charge in [-0.3, -0.25) is 14.6 Å². The number of pyridine rings is 1. The molecule has 7 heteroatoms. The maximum atomic E-state index is 12.8. The van der Waals surface area contributed by atoms with E-state index >= 15 is 0 Å². The lowest BCUT2D eigenvalue weighted by atomic mass is 10.1. The fraction of sp³-hybridized carbons (Fsp3) is 0.174. The Hall–Kier alpha value is -3.87. The van der Waals surface area contributed by atoms with E-state index in [0.717, 1.165) is 17.7 Å². The minimum absolute atomic E-state index is 0.0814. The van der Waals surface area contributed by atoms with Crippen molar-refractivity contribution in [2.75, 3.05) is 31.0 Å². The van der Waals surface area contributed by atoms with Gasteiger partial charge in [-0.1, -0.05) is 0 Å². The Kier molecular flexibility index (Phi) is 5.34. The zero-order valence-corrected chi connectivity index (χ0v) is 16.7. The number of ether oxygens (including phenoxy) is 2. The number of benzene rings is 2. The van der Waals surface area contributed by atoms with Crippen LogP contribution in [0.1, 0.15) is 26.3 Å². The van der Waals surface area contributed by atoms with Gasteiger partial charge in [-0.2, -0.15) is 0 Å². The van der Waals surface area contributed by atoms with Crippen LogP contribution in [-0.2, 0) is 6.42 Å². The number of methoxy groups -OCH3 is 2. The van der Waals surface area contributed by atoms with Gasteiger partial charge in [0.15, 0.2) is 0 Å². The summed E-state index contributed by atoms with van der Waals surface area (Å²) in [7, 11) is 3.07. The van der Waals surface area contributed by atoms with Gasteiger partial charge in [0, 0.05) is 41.9 Å². The Morgan fingerprint density at radius 1 is 1.00 bits per heavy atom. The van der Waals surface area contributed by atoms with Gasteiger partial charge in [0.2, 0.25) is 0 Å². The predicted molar refractivity (Wildman–Crippen MR) is 114 cm³/mol. The molecule has 0 atom stereocenters. The molecule has 1 aliphatic heterocycles. The Morgan fingerprint density at radius 3 is 2.43 bits per heavy atom. The van der Waals surface area contributed by atoms with Crippen molar-refractivity contribution in [3.05, 3.63) is 77.6 Å². The summed E-state index contributed by atoms with van der Waals surface area (Å²) in [5.41, 5.74) is 3.50. The van der Waals surface area contributed by atoms with Crippen molar-refractivity contribution >= 4 is 23.2 Å². The SMILES string of the molecule is COc1cc(OC)cc(C(=O)Nc2ccc3c(c2)CCN3C(=O)c2cccnc2)c1. The van der Waals surface area contributed by atoms with Crippen LogP contribution in [0.4, 0.5) is 11.4 Å². The third-order valence-electron chi connectivity index (χ3n) is 5.00. The molecule has 30 heavy (non-hydrogen) atoms. The first-order chi connectivity index (χ1) is 14.6. The third kappa shape index (κ3) is 3.82. The first-order valence-electron chi connectivity index (χ1n) is 9.48. The average Bonchev–Trinajstić information content (AvgIpc) is 3.21. The lowest BCUT2D eigenvalue weighted by molar-refractivity contribution is 0.0987. The van der Waals surface area contributed by atoms with Gasteiger partial charge in [0.1, 0.15) is 11.5 Å². The van der Waals surface area contributed by atoms with Crippen LogP contribution in [-0.4, -0.2) is 37.6 Å². The maximum Gasteiger partial charge on any atom is 0.259 e. The molecule has 0 saturated heterocycles. The quantitative estimate of drug-likeness (QED) is 0.705. The number of aromatic nitrogens is 1. The normalized spacial score (nSPS) is 12.3. The molecular formula is C23H21N3O4. The van der Waals surface area contributed by atoms with Crippen LogP contribution in [0.5, 0.6) is 11.5 Å². The molecule has 7 nitrogen and oxygen atoms in total. The van der Waals surface area contributed by atoms with Crippen LogP contribution in [0.25, 0.3) is 0 Å². The molecule has 1 N–H and O–H groups in total. The monoisotopic (exact) mass is 403 g/mol. The summed E-state index contributed by atoms with van der Waals surface area (Å²) in [4.78, 5) is 31.2. The highest BCUT2D eigenvalue weighted by atomic mass is 16.5. The van der Waals surface area contributed by atoms with E-state index < -0.39 is 0 Å². The molecule has 3 aromatic rings. The number of fused-ring (bicyclic) bond motifs is 1. The van der Waals surface area contributed by atoms with Crippen molar-refractivity contribution in [3.8, 4) is 11.5 Å². The number of anilines is 2. The second-order valence-corrected chi connectivity index (χ2v) is 6.85. The van der Waals surface area contributed by atoms with Gasteiger partial charge in [-0.25, -0.2) is 0 Å². The summed E-state index contributed by atoms with van der Waals surface area (Å²) in [6.07, 6.45) is 3.93. The van der Waals surface area contributed by atoms with Crippen LogP contribution in [0.15, 0.2) is 60.9 Å². The van der Waals surface area contributed by atoms with E-state index in [2.05, 4.69) is 10.3 Å². The number of rotatable bonds is 5. The highest BCUT2D eigenvalue weighted by Gasteiger charge is 2.26. The van der Waals surface area contributed by atoms with Crippen molar-refractivity contribution in [2.24, 2.45) is 0 Å². The molecule has 2 heterocycles. The molecule has 1 aromatic heterocycles. The van der Waals surface area contributed by atoms with E-state index in [-0.39, 0.29) is 11.8 Å². The molecule has 0 fully saturated rings. The van der Waals surface area contributed by atoms with Crippen LogP contribution < -0.4 is 19.7 Å². The summed E-state index contributed by atoms with van der Waals surface area (Å²) in [6.45, 7) is 0.591. The second-order valence-electron chi connectivity index (χ2n) is 6.85. The number of carbonyl (C=O) groups excluding carboxylic acids is 2. The van der Waals surface area contributed by atoms with E-state index in [1.807, 2.05) is 12.1 Å². The first-order valence-corrected chi connectivity index (χ1v) is 9.48. The summed E-state index contributed by atoms with van der Waals surface area (Å²) in [6, 6.07) is 14.1. The molecule has 0 aliphatic carbocycles. The first kappa shape index (κ1) is 19.4. The zero-order valence-electron chi connectivity index (χ0n) is 16.7. The molecule has 0 radical (unpaired) electrons. The van der Waals surface area contributed by atoms with E-state index in [0.29, 0.717) is 34.9 Å². The van der Waals surface area contributed by atoms with Crippen molar-refractivity contribution in [1.29, 1.82) is 0 Å². The third-order valence-corrected chi connectivity index (χ3v) is 5.00. The Morgan fingerprint density at radius 2 is 1.77 bits per heavy atom. The van der Waals surface area contributed by atoms with Crippen LogP contribution in [0, 0.1) is 0 Å². The number of nitrogens with zero attached hydrogens (tertiary/aromatic N) is 2. The standard InChI is InChI=1S/C23H21N3O4/c1-29-19-11-17(12-20(13-19)30-2)22(27)25-18-5-6-21-15(10-18)7-9-26(21)23(28)16-4-3-8-24-14-16/h3-6,8,10-14H,7,9H2,1-2H3,(H,25,27). The second kappa shape index (κ2) is 8.24. The number of hydrogen-bond acceptors (Lipinski definition) is 5. The van der Waals surface area contributed by atoms with Crippen LogP contribution in [0.2, 0.25) is 0 Å². The van der Waals surface area contributed by atoms with E-state index in [1.54, 1.807) is 53.7 Å². The van der Waals surface area contributed by atoms with Crippen LogP contribution in [0.3, 0.4) is 0 Å². The topological polar surface area (TPSA) is 80.8 Å². The summed E-state index contributed by atoms with van der Waals surface area (Å²) in [5, 5.41) is 2.90. The average molecular weight is 403 g/mol. The van der Waals surface area contributed by atoms with Crippen LogP contribution >= 0.6 is 0 Å². The van der Waals surface area contributed by atoms with Gasteiger partial charge < -0.3 is 19.7 Å². The fourth-order valence-corrected chi connectivity index (χ4v) is 3.48. The Bertz CT molecular complexity index is 1080. The van der Waals surface area contributed by atoms with Gasteiger partial charge in [0.05, 0.1) is 19.8 Å². The van der Waals surface area contributed by atoms with Gasteiger partial charge >= 0.3 is 0 Å². The molecule has 152 valence electrons. The Labute approximate surface area is 174 Å². The molecule has 4 rings (SSSR count). The van der Waals surface area contributed by atoms with Gasteiger partial charge in [-0.15, -0.1) is 0 Å². The molecular weight excluding hydrogens is 382 g/mol. The molecule has 0 bridgehead atoms. The zero-order chi connectivity index (χ0) is 21.1. The minimum Gasteiger partial charge on any atom is -0.497 e. The van der Waals surface area contributed by atoms with E-state index in [9.17, 15) is 9.59 Å². The lowest BCUT2D eigenvalue weighted by Crippen LogP contribution is -2.28. The molecule has 2 amide bonds. The largest absolute Gasteiger partial charge is 0.497 e. The molecule has 1 aliphatic rings. The van der Waals surface area contributed by atoms with Crippen molar-refractivity contribution in [3.63, 3.8) is 0 Å². The fourth-order valence-electron chi connectivity index (χ4n) is 3.48. The molecule has 0 saturated carbocycles. The van der Waals surface area contributed by atoms with Gasteiger partial charge in [-0.05, 0) is 54.4 Å². The summed E-state index contributed by atoms with van der Waals surface area (Å²) >= 11 is 0. The summed E-state index contributed by atoms with van der Waals surface area (Å²) in [5.74, 6) is 0.728. The van der Waals surface area contributed by atoms with Gasteiger partial charge in [0.25, 0.3) is 11.8 Å². The van der Waals surface area contributed by atoms with Crippen molar-refractivity contribution in [2.45, 2.75) is 6.42 Å². The summed E-state index contributed by atoms with van der Waals surface area (Å²) < 4.78 is 10.5. The van der Waals surface area contributed by atoms with Crippen molar-refractivity contribution < 1.29 is 19.1 Å². The number of amides is 2. The molecule has 2 aromatic carbocycles. The smallest absolute Gasteiger partial charge is 0.259 e. The maximum absolute atomic E-state index is 12.8. The van der Waals surface area contributed by atoms with E-state index in [1.165, 1.54) is 14.2 Å². The number of carbonyl (C=O) groups is 2. The highest BCUT2D eigenvalue weighted by Crippen LogP contribution is 2.32. The van der Waals surface area contributed by atoms with Crippen molar-refractivity contribution in [1.82, 2.24) is 4.98 Å². The Balaban J connectivity index is 1.53. The number of nitrogens with one attached hydrogen (secondary N) is 1. The number of hydrogen-bond donors (Lipinski definition) is 1.